The minimum Gasteiger partial charge on any atom is -0.324 e. The summed E-state index contributed by atoms with van der Waals surface area (Å²) in [6.45, 7) is 5.30. The lowest BCUT2D eigenvalue weighted by Gasteiger charge is -2.29. The molecule has 3 aromatic rings. The van der Waals surface area contributed by atoms with E-state index in [1.54, 1.807) is 48.5 Å². The molecule has 0 aliphatic heterocycles. The van der Waals surface area contributed by atoms with E-state index in [1.807, 2.05) is 19.9 Å². The third-order valence-electron chi connectivity index (χ3n) is 5.35. The van der Waals surface area contributed by atoms with Crippen LogP contribution in [-0.4, -0.2) is 32.4 Å². The number of halogens is 1. The molecule has 3 aromatic carbocycles. The monoisotopic (exact) mass is 484 g/mol. The van der Waals surface area contributed by atoms with Gasteiger partial charge in [0.2, 0.25) is 15.9 Å². The molecular weight excluding hydrogens is 460 g/mol. The average molecular weight is 485 g/mol. The highest BCUT2D eigenvalue weighted by atomic mass is 35.5. The van der Waals surface area contributed by atoms with Crippen molar-refractivity contribution in [3.63, 3.8) is 0 Å². The molecule has 1 N–H and O–H groups in total. The highest BCUT2D eigenvalue weighted by Gasteiger charge is 2.30. The number of amides is 1. The van der Waals surface area contributed by atoms with E-state index in [1.165, 1.54) is 19.1 Å². The Morgan fingerprint density at radius 2 is 1.61 bits per heavy atom. The summed E-state index contributed by atoms with van der Waals surface area (Å²) in [7, 11) is -3.78. The predicted octanol–water partition coefficient (Wildman–Crippen LogP) is 4.98. The first-order valence-corrected chi connectivity index (χ1v) is 12.5. The molecule has 0 aliphatic carbocycles. The van der Waals surface area contributed by atoms with Crippen LogP contribution in [0.2, 0.25) is 5.02 Å². The number of nitrogens with zero attached hydrogens (tertiary/aromatic N) is 1. The Morgan fingerprint density at radius 1 is 0.939 bits per heavy atom. The Bertz CT molecular complexity index is 1310. The second-order valence-electron chi connectivity index (χ2n) is 7.88. The van der Waals surface area contributed by atoms with Crippen LogP contribution >= 0.6 is 11.6 Å². The van der Waals surface area contributed by atoms with Gasteiger partial charge in [-0.15, -0.1) is 0 Å². The van der Waals surface area contributed by atoms with Crippen molar-refractivity contribution in [1.82, 2.24) is 0 Å². The highest BCUT2D eigenvalue weighted by molar-refractivity contribution is 7.92. The second-order valence-corrected chi connectivity index (χ2v) is 10.2. The summed E-state index contributed by atoms with van der Waals surface area (Å²) in [5.74, 6) is -0.890. The van der Waals surface area contributed by atoms with E-state index >= 15 is 0 Å². The van der Waals surface area contributed by atoms with Gasteiger partial charge in [-0.25, -0.2) is 8.42 Å². The molecule has 0 unspecified atom stereocenters. The summed E-state index contributed by atoms with van der Waals surface area (Å²) in [4.78, 5) is 26.2. The van der Waals surface area contributed by atoms with E-state index < -0.39 is 22.0 Å². The number of carbonyl (C=O) groups is 2. The SMILES string of the molecule is Cc1ccc(N([C@@H](C)C(=O)Nc2ccc(Cl)cc2C(=O)c2ccccc2)S(C)(=O)=O)cc1C. The van der Waals surface area contributed by atoms with Gasteiger partial charge in [0.1, 0.15) is 6.04 Å². The van der Waals surface area contributed by atoms with Crippen molar-refractivity contribution in [2.75, 3.05) is 15.9 Å². The van der Waals surface area contributed by atoms with Crippen molar-refractivity contribution in [1.29, 1.82) is 0 Å². The van der Waals surface area contributed by atoms with Gasteiger partial charge >= 0.3 is 0 Å². The Hall–Kier alpha value is -3.16. The molecule has 0 aliphatic rings. The fourth-order valence-electron chi connectivity index (χ4n) is 3.47. The van der Waals surface area contributed by atoms with Gasteiger partial charge < -0.3 is 5.32 Å². The zero-order valence-electron chi connectivity index (χ0n) is 18.8. The lowest BCUT2D eigenvalue weighted by atomic mass is 10.0. The van der Waals surface area contributed by atoms with Gasteiger partial charge in [0.05, 0.1) is 17.6 Å². The molecule has 33 heavy (non-hydrogen) atoms. The number of ketones is 1. The molecule has 3 rings (SSSR count). The van der Waals surface area contributed by atoms with Crippen LogP contribution in [0.4, 0.5) is 11.4 Å². The number of hydrogen-bond donors (Lipinski definition) is 1. The minimum atomic E-state index is -3.78. The van der Waals surface area contributed by atoms with Crippen LogP contribution in [0, 0.1) is 13.8 Å². The van der Waals surface area contributed by atoms with Crippen molar-refractivity contribution >= 4 is 44.7 Å². The average Bonchev–Trinajstić information content (AvgIpc) is 2.76. The zero-order chi connectivity index (χ0) is 24.3. The van der Waals surface area contributed by atoms with Gasteiger partial charge in [-0.3, -0.25) is 13.9 Å². The summed E-state index contributed by atoms with van der Waals surface area (Å²) < 4.78 is 26.3. The molecule has 1 amide bonds. The third-order valence-corrected chi connectivity index (χ3v) is 6.83. The van der Waals surface area contributed by atoms with Crippen molar-refractivity contribution < 1.29 is 18.0 Å². The van der Waals surface area contributed by atoms with Gasteiger partial charge in [0.15, 0.2) is 5.78 Å². The highest BCUT2D eigenvalue weighted by Crippen LogP contribution is 2.27. The molecule has 0 spiro atoms. The third kappa shape index (κ3) is 5.61. The lowest BCUT2D eigenvalue weighted by Crippen LogP contribution is -2.45. The smallest absolute Gasteiger partial charge is 0.248 e. The summed E-state index contributed by atoms with van der Waals surface area (Å²) in [5, 5.41) is 3.05. The second kappa shape index (κ2) is 9.77. The van der Waals surface area contributed by atoms with Crippen LogP contribution in [0.1, 0.15) is 34.0 Å². The van der Waals surface area contributed by atoms with Crippen LogP contribution in [0.25, 0.3) is 0 Å². The van der Waals surface area contributed by atoms with Gasteiger partial charge in [-0.2, -0.15) is 0 Å². The fourth-order valence-corrected chi connectivity index (χ4v) is 4.81. The summed E-state index contributed by atoms with van der Waals surface area (Å²) in [6, 6.07) is 17.3. The van der Waals surface area contributed by atoms with Crippen molar-refractivity contribution in [2.45, 2.75) is 26.8 Å². The van der Waals surface area contributed by atoms with Gasteiger partial charge in [-0.05, 0) is 62.2 Å². The van der Waals surface area contributed by atoms with E-state index in [2.05, 4.69) is 5.32 Å². The number of carbonyl (C=O) groups excluding carboxylic acids is 2. The minimum absolute atomic E-state index is 0.214. The maximum Gasteiger partial charge on any atom is 0.248 e. The molecule has 0 radical (unpaired) electrons. The number of rotatable bonds is 7. The van der Waals surface area contributed by atoms with Gasteiger partial charge in [0, 0.05) is 16.1 Å². The zero-order valence-corrected chi connectivity index (χ0v) is 20.4. The largest absolute Gasteiger partial charge is 0.324 e. The maximum absolute atomic E-state index is 13.2. The van der Waals surface area contributed by atoms with Crippen LogP contribution in [0.3, 0.4) is 0 Å². The quantitative estimate of drug-likeness (QED) is 0.479. The number of benzene rings is 3. The molecule has 0 heterocycles. The number of nitrogens with one attached hydrogen (secondary N) is 1. The Kier molecular flexibility index (Phi) is 7.25. The number of anilines is 2. The molecule has 0 saturated carbocycles. The lowest BCUT2D eigenvalue weighted by molar-refractivity contribution is -0.116. The van der Waals surface area contributed by atoms with Crippen LogP contribution in [0.15, 0.2) is 66.7 Å². The van der Waals surface area contributed by atoms with E-state index in [9.17, 15) is 18.0 Å². The molecule has 0 aromatic heterocycles. The van der Waals surface area contributed by atoms with Gasteiger partial charge in [0.25, 0.3) is 0 Å². The molecule has 172 valence electrons. The summed E-state index contributed by atoms with van der Waals surface area (Å²) in [5.41, 5.74) is 3.21. The molecule has 0 fully saturated rings. The number of aryl methyl sites for hydroxylation is 2. The predicted molar refractivity (Wildman–Crippen MR) is 133 cm³/mol. The first-order chi connectivity index (χ1) is 15.5. The first-order valence-electron chi connectivity index (χ1n) is 10.3. The van der Waals surface area contributed by atoms with Crippen LogP contribution in [-0.2, 0) is 14.8 Å². The normalized spacial score (nSPS) is 12.2. The Balaban J connectivity index is 1.95. The van der Waals surface area contributed by atoms with Crippen molar-refractivity contribution in [3.8, 4) is 0 Å². The van der Waals surface area contributed by atoms with E-state index in [-0.39, 0.29) is 17.0 Å². The first kappa shape index (κ1) is 24.5. The van der Waals surface area contributed by atoms with Crippen molar-refractivity contribution in [3.05, 3.63) is 94.0 Å². The van der Waals surface area contributed by atoms with E-state index in [0.29, 0.717) is 16.3 Å². The topological polar surface area (TPSA) is 83.6 Å². The number of sulfonamides is 1. The maximum atomic E-state index is 13.2. The standard InChI is InChI=1S/C25H25ClN2O4S/c1-16-10-12-21(14-17(16)2)28(33(4,31)32)18(3)25(30)27-23-13-11-20(26)15-22(23)24(29)19-8-6-5-7-9-19/h5-15,18H,1-4H3,(H,27,30)/t18-/m0/s1. The summed E-state index contributed by atoms with van der Waals surface area (Å²) >= 11 is 6.11. The molecule has 0 saturated heterocycles. The Labute approximate surface area is 199 Å². The van der Waals surface area contributed by atoms with Crippen molar-refractivity contribution in [2.24, 2.45) is 0 Å². The van der Waals surface area contributed by atoms with Gasteiger partial charge in [-0.1, -0.05) is 48.0 Å². The molecular formula is C25H25ClN2O4S. The summed E-state index contributed by atoms with van der Waals surface area (Å²) in [6.07, 6.45) is 1.05. The van der Waals surface area contributed by atoms with E-state index in [4.69, 9.17) is 11.6 Å². The molecule has 0 bridgehead atoms. The molecule has 6 nitrogen and oxygen atoms in total. The van der Waals surface area contributed by atoms with Crippen LogP contribution in [0.5, 0.6) is 0 Å². The molecule has 1 atom stereocenters. The van der Waals surface area contributed by atoms with E-state index in [0.717, 1.165) is 21.7 Å². The van der Waals surface area contributed by atoms with Crippen LogP contribution < -0.4 is 9.62 Å². The number of hydrogen-bond acceptors (Lipinski definition) is 4. The fraction of sp³-hybridized carbons (Fsp3) is 0.200. The molecule has 8 heteroatoms. The Morgan fingerprint density at radius 3 is 2.21 bits per heavy atom.